The normalized spacial score (nSPS) is 26.6. The Morgan fingerprint density at radius 3 is 2.83 bits per heavy atom. The van der Waals surface area contributed by atoms with Gasteiger partial charge in [-0.25, -0.2) is 0 Å². The Balaban J connectivity index is 1.43. The first kappa shape index (κ1) is 15.4. The molecule has 0 unspecified atom stereocenters. The van der Waals surface area contributed by atoms with Crippen LogP contribution in [0.1, 0.15) is 48.2 Å². The Morgan fingerprint density at radius 1 is 1.33 bits per heavy atom. The zero-order valence-corrected chi connectivity index (χ0v) is 14.6. The number of rotatable bonds is 3. The van der Waals surface area contributed by atoms with Crippen LogP contribution >= 0.6 is 0 Å². The van der Waals surface area contributed by atoms with Crippen LogP contribution in [0.5, 0.6) is 0 Å². The van der Waals surface area contributed by atoms with E-state index in [0.29, 0.717) is 17.9 Å². The summed E-state index contributed by atoms with van der Waals surface area (Å²) in [5.41, 5.74) is 3.43. The molecule has 1 amide bonds. The van der Waals surface area contributed by atoms with Crippen LogP contribution in [0.15, 0.2) is 18.5 Å². The molecule has 0 spiro atoms. The monoisotopic (exact) mass is 327 g/mol. The maximum Gasteiger partial charge on any atom is 0.226 e. The SMILES string of the molecule is Cc1cc(C)n([C@@H]2CCCN(C(=O)[C@@H]3C[C@H]3c3cnn(C)c3)C2)n1. The minimum atomic E-state index is 0.147. The van der Waals surface area contributed by atoms with Gasteiger partial charge in [0, 0.05) is 37.9 Å². The number of aryl methyl sites for hydroxylation is 3. The van der Waals surface area contributed by atoms with Gasteiger partial charge in [0.25, 0.3) is 0 Å². The molecule has 6 heteroatoms. The summed E-state index contributed by atoms with van der Waals surface area (Å²) in [6.07, 6.45) is 7.05. The number of hydrogen-bond acceptors (Lipinski definition) is 3. The van der Waals surface area contributed by atoms with Crippen molar-refractivity contribution in [2.75, 3.05) is 13.1 Å². The summed E-state index contributed by atoms with van der Waals surface area (Å²) in [7, 11) is 1.92. The van der Waals surface area contributed by atoms with Gasteiger partial charge in [-0.05, 0) is 50.7 Å². The largest absolute Gasteiger partial charge is 0.340 e. The molecule has 3 heterocycles. The molecule has 1 aliphatic carbocycles. The number of likely N-dealkylation sites (tertiary alicyclic amines) is 1. The van der Waals surface area contributed by atoms with E-state index in [9.17, 15) is 4.79 Å². The lowest BCUT2D eigenvalue weighted by molar-refractivity contribution is -0.134. The first-order valence-corrected chi connectivity index (χ1v) is 8.83. The van der Waals surface area contributed by atoms with Crippen molar-refractivity contribution < 1.29 is 4.79 Å². The van der Waals surface area contributed by atoms with E-state index in [0.717, 1.165) is 38.0 Å². The average Bonchev–Trinajstić information content (AvgIpc) is 3.13. The van der Waals surface area contributed by atoms with Gasteiger partial charge in [0.15, 0.2) is 0 Å². The third-order valence-corrected chi connectivity index (χ3v) is 5.36. The number of aromatic nitrogens is 4. The van der Waals surface area contributed by atoms with E-state index in [1.54, 1.807) is 0 Å². The quantitative estimate of drug-likeness (QED) is 0.868. The highest BCUT2D eigenvalue weighted by Gasteiger charge is 2.47. The molecule has 1 saturated carbocycles. The third kappa shape index (κ3) is 2.74. The van der Waals surface area contributed by atoms with E-state index in [1.807, 2.05) is 31.0 Å². The summed E-state index contributed by atoms with van der Waals surface area (Å²) in [5, 5.41) is 8.85. The van der Waals surface area contributed by atoms with Gasteiger partial charge in [-0.15, -0.1) is 0 Å². The summed E-state index contributed by atoms with van der Waals surface area (Å²) < 4.78 is 3.93. The molecule has 2 fully saturated rings. The van der Waals surface area contributed by atoms with Crippen molar-refractivity contribution in [3.8, 4) is 0 Å². The fourth-order valence-corrected chi connectivity index (χ4v) is 4.07. The second-order valence-electron chi connectivity index (χ2n) is 7.35. The Hall–Kier alpha value is -2.11. The number of nitrogens with zero attached hydrogens (tertiary/aromatic N) is 5. The van der Waals surface area contributed by atoms with Crippen LogP contribution in [0.4, 0.5) is 0 Å². The molecule has 1 saturated heterocycles. The van der Waals surface area contributed by atoms with Crippen LogP contribution in [-0.2, 0) is 11.8 Å². The predicted molar refractivity (Wildman–Crippen MR) is 90.6 cm³/mol. The van der Waals surface area contributed by atoms with Crippen molar-refractivity contribution in [3.05, 3.63) is 35.4 Å². The molecule has 3 atom stereocenters. The van der Waals surface area contributed by atoms with Gasteiger partial charge in [-0.2, -0.15) is 10.2 Å². The molecule has 2 aromatic rings. The van der Waals surface area contributed by atoms with Crippen LogP contribution in [0.2, 0.25) is 0 Å². The molecule has 6 nitrogen and oxygen atoms in total. The molecule has 0 bridgehead atoms. The van der Waals surface area contributed by atoms with Gasteiger partial charge in [-0.3, -0.25) is 14.2 Å². The van der Waals surface area contributed by atoms with Crippen molar-refractivity contribution in [2.24, 2.45) is 13.0 Å². The van der Waals surface area contributed by atoms with Gasteiger partial charge in [0.2, 0.25) is 5.91 Å². The molecule has 0 radical (unpaired) electrons. The van der Waals surface area contributed by atoms with Gasteiger partial charge in [0.05, 0.1) is 17.9 Å². The average molecular weight is 327 g/mol. The van der Waals surface area contributed by atoms with E-state index in [-0.39, 0.29) is 5.92 Å². The topological polar surface area (TPSA) is 56.0 Å². The maximum atomic E-state index is 12.9. The minimum Gasteiger partial charge on any atom is -0.340 e. The lowest BCUT2D eigenvalue weighted by Gasteiger charge is -2.33. The molecule has 128 valence electrons. The van der Waals surface area contributed by atoms with E-state index >= 15 is 0 Å². The standard InChI is InChI=1S/C18H25N5O/c1-12-7-13(2)23(20-12)15-5-4-6-22(11-15)18(24)17-8-16(17)14-9-19-21(3)10-14/h7,9-10,15-17H,4-6,8,11H2,1-3H3/t15-,16+,17-/m1/s1. The van der Waals surface area contributed by atoms with Crippen LogP contribution in [0.25, 0.3) is 0 Å². The van der Waals surface area contributed by atoms with Crippen molar-refractivity contribution in [2.45, 2.75) is 45.1 Å². The fraction of sp³-hybridized carbons (Fsp3) is 0.611. The lowest BCUT2D eigenvalue weighted by atomic mass is 10.0. The van der Waals surface area contributed by atoms with Crippen LogP contribution in [0, 0.1) is 19.8 Å². The third-order valence-electron chi connectivity index (χ3n) is 5.36. The first-order valence-electron chi connectivity index (χ1n) is 8.83. The van der Waals surface area contributed by atoms with Crippen LogP contribution < -0.4 is 0 Å². The molecular formula is C18H25N5O. The Bertz CT molecular complexity index is 761. The van der Waals surface area contributed by atoms with Crippen molar-refractivity contribution in [3.63, 3.8) is 0 Å². The molecule has 24 heavy (non-hydrogen) atoms. The number of carbonyl (C=O) groups excluding carboxylic acids is 1. The molecular weight excluding hydrogens is 302 g/mol. The minimum absolute atomic E-state index is 0.147. The molecule has 0 N–H and O–H groups in total. The second kappa shape index (κ2) is 5.76. The van der Waals surface area contributed by atoms with Crippen LogP contribution in [0.3, 0.4) is 0 Å². The predicted octanol–water partition coefficient (Wildman–Crippen LogP) is 2.20. The maximum absolute atomic E-state index is 12.9. The van der Waals surface area contributed by atoms with Gasteiger partial charge >= 0.3 is 0 Å². The summed E-state index contributed by atoms with van der Waals surface area (Å²) >= 11 is 0. The molecule has 4 rings (SSSR count). The number of piperidine rings is 1. The Labute approximate surface area is 142 Å². The fourth-order valence-electron chi connectivity index (χ4n) is 4.07. The van der Waals surface area contributed by atoms with E-state index < -0.39 is 0 Å². The molecule has 2 aromatic heterocycles. The second-order valence-corrected chi connectivity index (χ2v) is 7.35. The zero-order chi connectivity index (χ0) is 16.8. The highest BCUT2D eigenvalue weighted by Crippen LogP contribution is 2.48. The van der Waals surface area contributed by atoms with Gasteiger partial charge in [-0.1, -0.05) is 0 Å². The van der Waals surface area contributed by atoms with Crippen molar-refractivity contribution in [1.82, 2.24) is 24.5 Å². The van der Waals surface area contributed by atoms with E-state index in [2.05, 4.69) is 32.8 Å². The number of carbonyl (C=O) groups is 1. The highest BCUT2D eigenvalue weighted by molar-refractivity contribution is 5.83. The van der Waals surface area contributed by atoms with Crippen molar-refractivity contribution in [1.29, 1.82) is 0 Å². The van der Waals surface area contributed by atoms with Gasteiger partial charge < -0.3 is 4.90 Å². The highest BCUT2D eigenvalue weighted by atomic mass is 16.2. The van der Waals surface area contributed by atoms with Crippen molar-refractivity contribution >= 4 is 5.91 Å². The summed E-state index contributed by atoms with van der Waals surface area (Å²) in [6.45, 7) is 5.79. The Kier molecular flexibility index (Phi) is 3.70. The summed E-state index contributed by atoms with van der Waals surface area (Å²) in [5.74, 6) is 0.823. The lowest BCUT2D eigenvalue weighted by Crippen LogP contribution is -2.42. The molecule has 2 aliphatic rings. The summed E-state index contributed by atoms with van der Waals surface area (Å²) in [4.78, 5) is 14.9. The first-order chi connectivity index (χ1) is 11.5. The zero-order valence-electron chi connectivity index (χ0n) is 14.6. The number of amides is 1. The van der Waals surface area contributed by atoms with E-state index in [4.69, 9.17) is 0 Å². The Morgan fingerprint density at radius 2 is 2.17 bits per heavy atom. The van der Waals surface area contributed by atoms with Crippen LogP contribution in [-0.4, -0.2) is 43.5 Å². The summed E-state index contributed by atoms with van der Waals surface area (Å²) in [6, 6.07) is 2.42. The smallest absolute Gasteiger partial charge is 0.226 e. The van der Waals surface area contributed by atoms with Gasteiger partial charge in [0.1, 0.15) is 0 Å². The number of hydrogen-bond donors (Lipinski definition) is 0. The molecule has 1 aliphatic heterocycles. The van der Waals surface area contributed by atoms with E-state index in [1.165, 1.54) is 11.3 Å². The molecule has 0 aromatic carbocycles.